The van der Waals surface area contributed by atoms with Crippen molar-refractivity contribution in [2.75, 3.05) is 0 Å². The van der Waals surface area contributed by atoms with Crippen LogP contribution in [0.3, 0.4) is 0 Å². The Hall–Kier alpha value is 0.260. The molecule has 2 nitrogen and oxygen atoms in total. The molecule has 0 atom stereocenters. The lowest BCUT2D eigenvalue weighted by Crippen LogP contribution is -1.27. The number of aromatic amines is 2. The van der Waals surface area contributed by atoms with Crippen LogP contribution in [0.2, 0.25) is 0 Å². The fourth-order valence-corrected chi connectivity index (χ4v) is 2.30. The van der Waals surface area contributed by atoms with Crippen molar-refractivity contribution in [3.05, 3.63) is 0 Å². The van der Waals surface area contributed by atoms with Crippen LogP contribution in [-0.4, -0.2) is 7.53 Å². The van der Waals surface area contributed by atoms with Gasteiger partial charge in [-0.1, -0.05) is 0 Å². The van der Waals surface area contributed by atoms with Crippen molar-refractivity contribution in [2.45, 2.75) is 0 Å². The van der Waals surface area contributed by atoms with Gasteiger partial charge >= 0.3 is 0 Å². The average Bonchev–Trinajstić information content (AvgIpc) is 1.76. The van der Waals surface area contributed by atoms with E-state index in [2.05, 4.69) is 7.53 Å². The van der Waals surface area contributed by atoms with E-state index in [0.29, 0.717) is 0 Å². The third-order valence-corrected chi connectivity index (χ3v) is 2.96. The van der Waals surface area contributed by atoms with Crippen molar-refractivity contribution in [3.63, 3.8) is 0 Å². The zero-order valence-corrected chi connectivity index (χ0v) is 4.67. The van der Waals surface area contributed by atoms with E-state index in [-0.39, 0.29) is 0 Å². The van der Waals surface area contributed by atoms with Gasteiger partial charge in [-0.25, -0.2) is 7.53 Å². The van der Waals surface area contributed by atoms with Crippen molar-refractivity contribution < 1.29 is 0 Å². The second-order valence-electron chi connectivity index (χ2n) is 0.435. The van der Waals surface area contributed by atoms with Crippen LogP contribution in [0.1, 0.15) is 0 Å². The molecular formula is H2N2S3. The highest BCUT2D eigenvalue weighted by Crippen LogP contribution is 1.96. The average molecular weight is 126 g/mol. The molecule has 0 aliphatic rings. The molecule has 0 amide bonds. The summed E-state index contributed by atoms with van der Waals surface area (Å²) in [5, 5.41) is 0. The van der Waals surface area contributed by atoms with Gasteiger partial charge in [0.2, 0.25) is 0 Å². The highest BCUT2D eigenvalue weighted by molar-refractivity contribution is 7.67. The van der Waals surface area contributed by atoms with Gasteiger partial charge in [-0.3, -0.25) is 0 Å². The van der Waals surface area contributed by atoms with Crippen LogP contribution in [0.15, 0.2) is 0 Å². The minimum absolute atomic E-state index is 1.50. The molecule has 0 aliphatic heterocycles. The molecular weight excluding hydrogens is 124 g/mol. The third kappa shape index (κ3) is 0.786. The highest BCUT2D eigenvalue weighted by Gasteiger charge is 1.56. The number of nitrogens with one attached hydrogen (secondary N) is 2. The molecule has 0 bridgehead atoms. The number of rotatable bonds is 0. The maximum Gasteiger partial charge on any atom is 0.0394 e. The summed E-state index contributed by atoms with van der Waals surface area (Å²) in [5.41, 5.74) is 0. The summed E-state index contributed by atoms with van der Waals surface area (Å²) in [6, 6.07) is 0. The standard InChI is InChI=1S/H2N2S3/c1-3-2-5-4-1/h1-2H. The van der Waals surface area contributed by atoms with Crippen LogP contribution in [-0.2, 0) is 0 Å². The Morgan fingerprint density at radius 2 is 1.60 bits per heavy atom. The Labute approximate surface area is 40.8 Å². The van der Waals surface area contributed by atoms with E-state index in [4.69, 9.17) is 0 Å². The molecule has 0 saturated carbocycles. The maximum absolute atomic E-state index is 2.91. The Balaban J connectivity index is 3.13. The third-order valence-electron chi connectivity index (χ3n) is 0.193. The first-order valence-corrected chi connectivity index (χ1v) is 3.95. The Morgan fingerprint density at radius 3 is 1.80 bits per heavy atom. The van der Waals surface area contributed by atoms with E-state index < -0.39 is 0 Å². The van der Waals surface area contributed by atoms with E-state index in [0.717, 1.165) is 0 Å². The molecule has 2 N–H and O–H groups in total. The van der Waals surface area contributed by atoms with Crippen LogP contribution in [0.25, 0.3) is 0 Å². The van der Waals surface area contributed by atoms with E-state index in [1.165, 1.54) is 11.7 Å². The molecule has 0 aromatic carbocycles. The lowest BCUT2D eigenvalue weighted by Gasteiger charge is -1.44. The first kappa shape index (κ1) is 3.45. The van der Waals surface area contributed by atoms with E-state index in [1.807, 2.05) is 0 Å². The van der Waals surface area contributed by atoms with Gasteiger partial charge in [-0.15, -0.1) is 0 Å². The molecule has 30 valence electrons. The highest BCUT2D eigenvalue weighted by atomic mass is 32.9. The maximum atomic E-state index is 2.91. The topological polar surface area (TPSA) is 31.6 Å². The summed E-state index contributed by atoms with van der Waals surface area (Å²) in [7, 11) is 3.19. The van der Waals surface area contributed by atoms with Gasteiger partial charge in [-0.05, 0) is 0 Å². The molecule has 0 unspecified atom stereocenters. The van der Waals surface area contributed by atoms with E-state index in [1.54, 1.807) is 21.1 Å². The minimum atomic E-state index is 1.50. The summed E-state index contributed by atoms with van der Waals surface area (Å²) in [4.78, 5) is 0. The van der Waals surface area contributed by atoms with Gasteiger partial charge in [0, 0.05) is 32.8 Å². The van der Waals surface area contributed by atoms with Gasteiger partial charge < -0.3 is 0 Å². The predicted octanol–water partition coefficient (Wildman–Crippen LogP) is 1.65. The van der Waals surface area contributed by atoms with Gasteiger partial charge in [-0.2, -0.15) is 0 Å². The van der Waals surface area contributed by atoms with Crippen molar-refractivity contribution in [1.29, 1.82) is 0 Å². The van der Waals surface area contributed by atoms with Crippen LogP contribution in [0.5, 0.6) is 0 Å². The second kappa shape index (κ2) is 1.64. The van der Waals surface area contributed by atoms with Gasteiger partial charge in [0.25, 0.3) is 0 Å². The number of H-pyrrole nitrogens is 2. The number of hydrogen-bond donors (Lipinski definition) is 2. The van der Waals surface area contributed by atoms with Crippen LogP contribution >= 0.6 is 32.8 Å². The normalized spacial score (nSPS) is 8.00. The fraction of sp³-hybridized carbons (Fsp3) is 0. The summed E-state index contributed by atoms with van der Waals surface area (Å²) in [6.07, 6.45) is 0. The summed E-state index contributed by atoms with van der Waals surface area (Å²) < 4.78 is 5.81. The minimum Gasteiger partial charge on any atom is -0.241 e. The SMILES string of the molecule is [nH]1s[nH]ss1. The fourth-order valence-electron chi connectivity index (χ4n) is 0.0851. The van der Waals surface area contributed by atoms with Gasteiger partial charge in [0.1, 0.15) is 0 Å². The summed E-state index contributed by atoms with van der Waals surface area (Å²) in [6.45, 7) is 0. The Kier molecular flexibility index (Phi) is 1.13. The molecule has 1 aromatic rings. The second-order valence-corrected chi connectivity index (χ2v) is 3.31. The van der Waals surface area contributed by atoms with Crippen molar-refractivity contribution in [1.82, 2.24) is 7.53 Å². The van der Waals surface area contributed by atoms with Crippen LogP contribution < -0.4 is 0 Å². The Morgan fingerprint density at radius 1 is 1.00 bits per heavy atom. The molecule has 0 radical (unpaired) electrons. The van der Waals surface area contributed by atoms with Crippen molar-refractivity contribution in [3.8, 4) is 0 Å². The monoisotopic (exact) mass is 126 g/mol. The van der Waals surface area contributed by atoms with Gasteiger partial charge in [0.15, 0.2) is 0 Å². The van der Waals surface area contributed by atoms with Crippen LogP contribution in [0, 0.1) is 0 Å². The molecule has 5 heavy (non-hydrogen) atoms. The van der Waals surface area contributed by atoms with E-state index >= 15 is 0 Å². The zero-order chi connectivity index (χ0) is 3.54. The Bertz CT molecular complexity index is 61.4. The molecule has 0 saturated heterocycles. The molecule has 1 rings (SSSR count). The number of hydrogen-bond acceptors (Lipinski definition) is 3. The van der Waals surface area contributed by atoms with Gasteiger partial charge in [0.05, 0.1) is 0 Å². The largest absolute Gasteiger partial charge is 0.241 e. The lowest BCUT2D eigenvalue weighted by atomic mass is 13.9. The summed E-state index contributed by atoms with van der Waals surface area (Å²) in [5.74, 6) is 0. The number of aromatic nitrogens is 2. The van der Waals surface area contributed by atoms with Crippen molar-refractivity contribution in [2.24, 2.45) is 0 Å². The predicted molar refractivity (Wildman–Crippen MR) is 26.4 cm³/mol. The first-order chi connectivity index (χ1) is 2.50. The van der Waals surface area contributed by atoms with Crippen LogP contribution in [0.4, 0.5) is 0 Å². The van der Waals surface area contributed by atoms with Crippen molar-refractivity contribution >= 4 is 32.8 Å². The van der Waals surface area contributed by atoms with E-state index in [9.17, 15) is 0 Å². The zero-order valence-electron chi connectivity index (χ0n) is 2.22. The molecule has 1 aromatic heterocycles. The lowest BCUT2D eigenvalue weighted by molar-refractivity contribution is 1.81. The molecule has 0 spiro atoms. The quantitative estimate of drug-likeness (QED) is 0.495. The molecule has 0 aliphatic carbocycles. The first-order valence-electron chi connectivity index (χ1n) is 0.983. The molecule has 0 fully saturated rings. The molecule has 5 heteroatoms. The summed E-state index contributed by atoms with van der Waals surface area (Å²) >= 11 is 1.50. The smallest absolute Gasteiger partial charge is 0.0394 e. The molecule has 1 heterocycles.